The van der Waals surface area contributed by atoms with Crippen molar-refractivity contribution in [1.29, 1.82) is 0 Å². The number of anilines is 1. The van der Waals surface area contributed by atoms with Crippen molar-refractivity contribution in [2.75, 3.05) is 12.3 Å². The van der Waals surface area contributed by atoms with Crippen LogP contribution in [0.1, 0.15) is 52.1 Å². The van der Waals surface area contributed by atoms with Gasteiger partial charge in [-0.1, -0.05) is 20.3 Å². The number of nitrogens with two attached hydrogens (primary N) is 1. The molecule has 1 unspecified atom stereocenters. The number of ether oxygens (including phenoxy) is 1. The lowest BCUT2D eigenvalue weighted by atomic mass is 10.0. The van der Waals surface area contributed by atoms with Crippen molar-refractivity contribution in [2.45, 2.75) is 52.6 Å². The Labute approximate surface area is 117 Å². The first-order valence-electron chi connectivity index (χ1n) is 6.44. The molecule has 5 heteroatoms. The largest absolute Gasteiger partial charge is 0.383 e. The Balaban J connectivity index is 3.23. The number of aryl methyl sites for hydroxylation is 1. The van der Waals surface area contributed by atoms with Crippen LogP contribution < -0.4 is 5.73 Å². The Morgan fingerprint density at radius 3 is 2.44 bits per heavy atom. The van der Waals surface area contributed by atoms with E-state index in [1.54, 1.807) is 0 Å². The van der Waals surface area contributed by atoms with E-state index < -0.39 is 5.60 Å². The molecule has 0 aliphatic carbocycles. The molecule has 0 fully saturated rings. The first kappa shape index (κ1) is 15.4. The summed E-state index contributed by atoms with van der Waals surface area (Å²) in [5.74, 6) is 1.17. The highest BCUT2D eigenvalue weighted by atomic mass is 79.9. The second kappa shape index (κ2) is 6.48. The maximum absolute atomic E-state index is 5.95. The molecule has 1 heterocycles. The van der Waals surface area contributed by atoms with Crippen LogP contribution in [0.5, 0.6) is 0 Å². The molecule has 2 N–H and O–H groups in total. The van der Waals surface area contributed by atoms with Crippen LogP contribution in [0.4, 0.5) is 5.82 Å². The van der Waals surface area contributed by atoms with Gasteiger partial charge < -0.3 is 10.5 Å². The molecule has 0 radical (unpaired) electrons. The normalized spacial score (nSPS) is 14.5. The second-order valence-corrected chi connectivity index (χ2v) is 5.25. The molecule has 0 aliphatic rings. The van der Waals surface area contributed by atoms with Gasteiger partial charge >= 0.3 is 0 Å². The lowest BCUT2D eigenvalue weighted by Gasteiger charge is -2.27. The zero-order valence-corrected chi connectivity index (χ0v) is 13.2. The molecule has 0 saturated heterocycles. The summed E-state index contributed by atoms with van der Waals surface area (Å²) in [7, 11) is 0. The van der Waals surface area contributed by atoms with Gasteiger partial charge in [0.1, 0.15) is 11.4 Å². The van der Waals surface area contributed by atoms with E-state index in [1.165, 1.54) is 0 Å². The number of hydrogen-bond donors (Lipinski definition) is 1. The number of hydrogen-bond acceptors (Lipinski definition) is 4. The first-order chi connectivity index (χ1) is 8.48. The Hall–Kier alpha value is -0.680. The van der Waals surface area contributed by atoms with Gasteiger partial charge in [-0.15, -0.1) is 0 Å². The molecular formula is C13H22BrN3O. The van der Waals surface area contributed by atoms with E-state index in [2.05, 4.69) is 39.7 Å². The molecule has 0 spiro atoms. The van der Waals surface area contributed by atoms with Crippen molar-refractivity contribution in [2.24, 2.45) is 0 Å². The van der Waals surface area contributed by atoms with Gasteiger partial charge in [0.25, 0.3) is 0 Å². The highest BCUT2D eigenvalue weighted by Crippen LogP contribution is 2.30. The molecular weight excluding hydrogens is 294 g/mol. The predicted octanol–water partition coefficient (Wildman–Crippen LogP) is 3.44. The zero-order chi connectivity index (χ0) is 13.8. The fraction of sp³-hybridized carbons (Fsp3) is 0.692. The smallest absolute Gasteiger partial charge is 0.162 e. The van der Waals surface area contributed by atoms with E-state index in [9.17, 15) is 0 Å². The van der Waals surface area contributed by atoms with E-state index >= 15 is 0 Å². The molecule has 102 valence electrons. The van der Waals surface area contributed by atoms with E-state index in [4.69, 9.17) is 10.5 Å². The Morgan fingerprint density at radius 2 is 1.94 bits per heavy atom. The van der Waals surface area contributed by atoms with E-state index in [-0.39, 0.29) is 0 Å². The summed E-state index contributed by atoms with van der Waals surface area (Å²) >= 11 is 3.45. The maximum Gasteiger partial charge on any atom is 0.162 e. The van der Waals surface area contributed by atoms with Crippen molar-refractivity contribution >= 4 is 21.7 Å². The topological polar surface area (TPSA) is 61.0 Å². The number of aromatic nitrogens is 2. The minimum Gasteiger partial charge on any atom is -0.383 e. The van der Waals surface area contributed by atoms with Gasteiger partial charge in [0.2, 0.25) is 0 Å². The Bertz CT molecular complexity index is 411. The molecule has 1 aromatic rings. The molecule has 1 atom stereocenters. The summed E-state index contributed by atoms with van der Waals surface area (Å²) in [5.41, 5.74) is 6.44. The summed E-state index contributed by atoms with van der Waals surface area (Å²) in [5, 5.41) is 0. The van der Waals surface area contributed by atoms with Gasteiger partial charge in [0.05, 0.1) is 10.2 Å². The number of nitrogens with zero attached hydrogens (tertiary/aromatic N) is 2. The zero-order valence-electron chi connectivity index (χ0n) is 11.6. The van der Waals surface area contributed by atoms with E-state index in [0.717, 1.165) is 29.4 Å². The van der Waals surface area contributed by atoms with Crippen LogP contribution in [0.3, 0.4) is 0 Å². The standard InChI is InChI=1S/C13H22BrN3O/c1-5-8-9-10(14)11(15)17-12(16-9)13(4,6-2)18-7-3/h5-8H2,1-4H3,(H2,15,16,17). The fourth-order valence-electron chi connectivity index (χ4n) is 1.80. The van der Waals surface area contributed by atoms with E-state index in [0.29, 0.717) is 18.2 Å². The van der Waals surface area contributed by atoms with Crippen molar-refractivity contribution in [1.82, 2.24) is 9.97 Å². The maximum atomic E-state index is 5.95. The Kier molecular flexibility index (Phi) is 5.53. The molecule has 18 heavy (non-hydrogen) atoms. The van der Waals surface area contributed by atoms with Crippen LogP contribution in [0.2, 0.25) is 0 Å². The summed E-state index contributed by atoms with van der Waals surface area (Å²) in [4.78, 5) is 8.99. The molecule has 1 aromatic heterocycles. The molecule has 0 aromatic carbocycles. The lowest BCUT2D eigenvalue weighted by Crippen LogP contribution is -2.29. The average Bonchev–Trinajstić information content (AvgIpc) is 2.35. The van der Waals surface area contributed by atoms with Crippen LogP contribution in [-0.2, 0) is 16.8 Å². The molecule has 0 saturated carbocycles. The van der Waals surface area contributed by atoms with Crippen LogP contribution in [0, 0.1) is 0 Å². The van der Waals surface area contributed by atoms with Crippen LogP contribution in [-0.4, -0.2) is 16.6 Å². The minimum atomic E-state index is -0.466. The van der Waals surface area contributed by atoms with Crippen LogP contribution in [0.25, 0.3) is 0 Å². The van der Waals surface area contributed by atoms with Crippen molar-refractivity contribution in [3.63, 3.8) is 0 Å². The van der Waals surface area contributed by atoms with Crippen LogP contribution >= 0.6 is 15.9 Å². The SMILES string of the molecule is CCCc1nc(C(C)(CC)OCC)nc(N)c1Br. The molecule has 0 aliphatic heterocycles. The molecule has 1 rings (SSSR count). The number of nitrogen functional groups attached to an aromatic ring is 1. The highest BCUT2D eigenvalue weighted by Gasteiger charge is 2.29. The molecule has 0 amide bonds. The summed E-state index contributed by atoms with van der Waals surface area (Å²) in [6.45, 7) is 8.80. The lowest BCUT2D eigenvalue weighted by molar-refractivity contribution is -0.0391. The fourth-order valence-corrected chi connectivity index (χ4v) is 2.17. The summed E-state index contributed by atoms with van der Waals surface area (Å²) < 4.78 is 6.61. The van der Waals surface area contributed by atoms with E-state index in [1.807, 2.05) is 13.8 Å². The van der Waals surface area contributed by atoms with Gasteiger partial charge in [-0.05, 0) is 42.6 Å². The number of halogens is 1. The van der Waals surface area contributed by atoms with Gasteiger partial charge in [-0.3, -0.25) is 0 Å². The Morgan fingerprint density at radius 1 is 1.28 bits per heavy atom. The quantitative estimate of drug-likeness (QED) is 0.873. The van der Waals surface area contributed by atoms with Crippen LogP contribution in [0.15, 0.2) is 4.47 Å². The highest BCUT2D eigenvalue weighted by molar-refractivity contribution is 9.10. The average molecular weight is 316 g/mol. The number of rotatable bonds is 6. The van der Waals surface area contributed by atoms with Gasteiger partial charge in [-0.25, -0.2) is 9.97 Å². The second-order valence-electron chi connectivity index (χ2n) is 4.46. The van der Waals surface area contributed by atoms with Crippen molar-refractivity contribution < 1.29 is 4.74 Å². The third kappa shape index (κ3) is 3.20. The third-order valence-corrected chi connectivity index (χ3v) is 3.91. The molecule has 4 nitrogen and oxygen atoms in total. The van der Waals surface area contributed by atoms with Gasteiger partial charge in [0.15, 0.2) is 5.82 Å². The van der Waals surface area contributed by atoms with Gasteiger partial charge in [0, 0.05) is 6.61 Å². The first-order valence-corrected chi connectivity index (χ1v) is 7.24. The third-order valence-electron chi connectivity index (χ3n) is 3.04. The monoisotopic (exact) mass is 315 g/mol. The molecule has 0 bridgehead atoms. The van der Waals surface area contributed by atoms with Crippen molar-refractivity contribution in [3.8, 4) is 0 Å². The van der Waals surface area contributed by atoms with Crippen molar-refractivity contribution in [3.05, 3.63) is 16.0 Å². The van der Waals surface area contributed by atoms with Gasteiger partial charge in [-0.2, -0.15) is 0 Å². The summed E-state index contributed by atoms with van der Waals surface area (Å²) in [6.07, 6.45) is 2.71. The summed E-state index contributed by atoms with van der Waals surface area (Å²) in [6, 6.07) is 0. The predicted molar refractivity (Wildman–Crippen MR) is 77.4 cm³/mol. The minimum absolute atomic E-state index is 0.466.